The van der Waals surface area contributed by atoms with E-state index in [-0.39, 0.29) is 18.9 Å². The fourth-order valence-corrected chi connectivity index (χ4v) is 2.39. The second kappa shape index (κ2) is 3.49. The van der Waals surface area contributed by atoms with E-state index < -0.39 is 11.7 Å². The van der Waals surface area contributed by atoms with E-state index in [0.717, 1.165) is 4.88 Å². The van der Waals surface area contributed by atoms with Crippen LogP contribution in [-0.2, 0) is 0 Å². The first-order chi connectivity index (χ1) is 6.95. The van der Waals surface area contributed by atoms with Gasteiger partial charge < -0.3 is 0 Å². The van der Waals surface area contributed by atoms with E-state index in [1.165, 1.54) is 11.3 Å². The van der Waals surface area contributed by atoms with Gasteiger partial charge in [-0.05, 0) is 31.2 Å². The highest BCUT2D eigenvalue weighted by Crippen LogP contribution is 2.50. The van der Waals surface area contributed by atoms with Crippen LogP contribution >= 0.6 is 11.3 Å². The molecule has 15 heavy (non-hydrogen) atoms. The van der Waals surface area contributed by atoms with Gasteiger partial charge in [-0.1, -0.05) is 6.07 Å². The Morgan fingerprint density at radius 2 is 2.13 bits per heavy atom. The number of thiophene rings is 1. The summed E-state index contributed by atoms with van der Waals surface area (Å²) in [6.45, 7) is 1.78. The van der Waals surface area contributed by atoms with Crippen molar-refractivity contribution in [2.75, 3.05) is 0 Å². The standard InChI is InChI=1S/C10H12F3NS/c1-7(8-3-2-6-15-8)14-9(4-5-9)10(11,12)13/h2-3,6-7,14H,4-5H2,1H3. The monoisotopic (exact) mass is 235 g/mol. The number of hydrogen-bond donors (Lipinski definition) is 1. The van der Waals surface area contributed by atoms with Gasteiger partial charge in [-0.15, -0.1) is 11.3 Å². The summed E-state index contributed by atoms with van der Waals surface area (Å²) in [5, 5.41) is 4.57. The molecule has 2 rings (SSSR count). The lowest BCUT2D eigenvalue weighted by Crippen LogP contribution is -2.45. The van der Waals surface area contributed by atoms with E-state index in [0.29, 0.717) is 0 Å². The molecule has 0 aromatic carbocycles. The van der Waals surface area contributed by atoms with Gasteiger partial charge in [-0.25, -0.2) is 0 Å². The maximum Gasteiger partial charge on any atom is 0.406 e. The summed E-state index contributed by atoms with van der Waals surface area (Å²) in [6, 6.07) is 3.48. The van der Waals surface area contributed by atoms with Crippen LogP contribution in [0.3, 0.4) is 0 Å². The number of alkyl halides is 3. The van der Waals surface area contributed by atoms with E-state index in [9.17, 15) is 13.2 Å². The molecule has 0 saturated heterocycles. The third-order valence-electron chi connectivity index (χ3n) is 2.76. The normalized spacial score (nSPS) is 21.3. The maximum atomic E-state index is 12.6. The number of rotatable bonds is 3. The summed E-state index contributed by atoms with van der Waals surface area (Å²) in [5.74, 6) is 0. The fraction of sp³-hybridized carbons (Fsp3) is 0.600. The molecule has 84 valence electrons. The van der Waals surface area contributed by atoms with Gasteiger partial charge in [0.1, 0.15) is 5.54 Å². The first kappa shape index (κ1) is 11.0. The third kappa shape index (κ3) is 2.03. The smallest absolute Gasteiger partial charge is 0.296 e. The summed E-state index contributed by atoms with van der Waals surface area (Å²) in [7, 11) is 0. The van der Waals surface area contributed by atoms with Crippen LogP contribution in [0.1, 0.15) is 30.7 Å². The van der Waals surface area contributed by atoms with Gasteiger partial charge >= 0.3 is 6.18 Å². The summed E-state index contributed by atoms with van der Waals surface area (Å²) in [6.07, 6.45) is -3.73. The van der Waals surface area contributed by atoms with Crippen LogP contribution in [0, 0.1) is 0 Å². The van der Waals surface area contributed by atoms with Gasteiger partial charge in [-0.2, -0.15) is 13.2 Å². The maximum absolute atomic E-state index is 12.6. The quantitative estimate of drug-likeness (QED) is 0.845. The highest BCUT2D eigenvalue weighted by atomic mass is 32.1. The molecule has 0 amide bonds. The van der Waals surface area contributed by atoms with Crippen molar-refractivity contribution in [3.63, 3.8) is 0 Å². The largest absolute Gasteiger partial charge is 0.406 e. The van der Waals surface area contributed by atoms with E-state index in [1.807, 2.05) is 17.5 Å². The van der Waals surface area contributed by atoms with Crippen LogP contribution in [0.2, 0.25) is 0 Å². The van der Waals surface area contributed by atoms with Crippen molar-refractivity contribution >= 4 is 11.3 Å². The molecule has 1 aliphatic rings. The van der Waals surface area contributed by atoms with Crippen LogP contribution < -0.4 is 5.32 Å². The zero-order valence-corrected chi connectivity index (χ0v) is 9.08. The highest BCUT2D eigenvalue weighted by molar-refractivity contribution is 7.10. The average molecular weight is 235 g/mol. The molecule has 1 atom stereocenters. The second-order valence-corrected chi connectivity index (χ2v) is 4.94. The molecule has 1 N–H and O–H groups in total. The Kier molecular flexibility index (Phi) is 2.55. The molecule has 1 aliphatic carbocycles. The Morgan fingerprint density at radius 1 is 1.47 bits per heavy atom. The molecule has 1 unspecified atom stereocenters. The van der Waals surface area contributed by atoms with Crippen LogP contribution in [0.25, 0.3) is 0 Å². The van der Waals surface area contributed by atoms with E-state index >= 15 is 0 Å². The minimum absolute atomic E-state index is 0.201. The van der Waals surface area contributed by atoms with Crippen molar-refractivity contribution in [2.24, 2.45) is 0 Å². The van der Waals surface area contributed by atoms with Gasteiger partial charge in [-0.3, -0.25) is 5.32 Å². The first-order valence-corrected chi connectivity index (χ1v) is 5.70. The molecule has 1 aromatic heterocycles. The zero-order valence-electron chi connectivity index (χ0n) is 8.27. The molecule has 1 nitrogen and oxygen atoms in total. The SMILES string of the molecule is CC(NC1(C(F)(F)F)CC1)c1cccs1. The zero-order chi connectivity index (χ0) is 11.1. The summed E-state index contributed by atoms with van der Waals surface area (Å²) in [5.41, 5.74) is -1.61. The van der Waals surface area contributed by atoms with Crippen molar-refractivity contribution in [1.82, 2.24) is 5.32 Å². The molecule has 1 aromatic rings. The lowest BCUT2D eigenvalue weighted by atomic mass is 10.2. The molecule has 1 fully saturated rings. The Balaban J connectivity index is 2.04. The number of halogens is 3. The second-order valence-electron chi connectivity index (χ2n) is 3.96. The minimum Gasteiger partial charge on any atom is -0.296 e. The number of hydrogen-bond acceptors (Lipinski definition) is 2. The molecule has 0 aliphatic heterocycles. The number of nitrogens with one attached hydrogen (secondary N) is 1. The predicted octanol–water partition coefficient (Wildman–Crippen LogP) is 3.49. The Labute approximate surface area is 90.3 Å². The highest BCUT2D eigenvalue weighted by Gasteiger charge is 2.63. The van der Waals surface area contributed by atoms with Crippen molar-refractivity contribution in [3.05, 3.63) is 22.4 Å². The molecule has 1 heterocycles. The predicted molar refractivity (Wildman–Crippen MR) is 53.9 cm³/mol. The Bertz CT molecular complexity index is 327. The van der Waals surface area contributed by atoms with Crippen LogP contribution in [0.15, 0.2) is 17.5 Å². The topological polar surface area (TPSA) is 12.0 Å². The summed E-state index contributed by atoms with van der Waals surface area (Å²) in [4.78, 5) is 0.950. The van der Waals surface area contributed by atoms with Crippen molar-refractivity contribution in [2.45, 2.75) is 37.5 Å². The van der Waals surface area contributed by atoms with Crippen LogP contribution in [0.4, 0.5) is 13.2 Å². The van der Waals surface area contributed by atoms with E-state index in [2.05, 4.69) is 5.32 Å². The lowest BCUT2D eigenvalue weighted by molar-refractivity contribution is -0.167. The molecular weight excluding hydrogens is 223 g/mol. The van der Waals surface area contributed by atoms with Crippen molar-refractivity contribution < 1.29 is 13.2 Å². The third-order valence-corrected chi connectivity index (χ3v) is 3.81. The fourth-order valence-electron chi connectivity index (χ4n) is 1.66. The van der Waals surface area contributed by atoms with Crippen LogP contribution in [-0.4, -0.2) is 11.7 Å². The van der Waals surface area contributed by atoms with Crippen molar-refractivity contribution in [1.29, 1.82) is 0 Å². The van der Waals surface area contributed by atoms with Gasteiger partial charge in [0.2, 0.25) is 0 Å². The lowest BCUT2D eigenvalue weighted by Gasteiger charge is -2.24. The van der Waals surface area contributed by atoms with E-state index in [1.54, 1.807) is 6.92 Å². The van der Waals surface area contributed by atoms with Crippen LogP contribution in [0.5, 0.6) is 0 Å². The van der Waals surface area contributed by atoms with Gasteiger partial charge in [0.15, 0.2) is 0 Å². The summed E-state index contributed by atoms with van der Waals surface area (Å²) >= 11 is 1.48. The molecule has 1 saturated carbocycles. The molecule has 0 spiro atoms. The van der Waals surface area contributed by atoms with Gasteiger partial charge in [0.25, 0.3) is 0 Å². The van der Waals surface area contributed by atoms with E-state index in [4.69, 9.17) is 0 Å². The summed E-state index contributed by atoms with van der Waals surface area (Å²) < 4.78 is 37.9. The van der Waals surface area contributed by atoms with Crippen molar-refractivity contribution in [3.8, 4) is 0 Å². The Hall–Kier alpha value is -0.550. The minimum atomic E-state index is -4.13. The molecular formula is C10H12F3NS. The molecule has 0 bridgehead atoms. The van der Waals surface area contributed by atoms with Gasteiger partial charge in [0.05, 0.1) is 0 Å². The first-order valence-electron chi connectivity index (χ1n) is 4.82. The Morgan fingerprint density at radius 3 is 2.53 bits per heavy atom. The molecule has 0 radical (unpaired) electrons. The van der Waals surface area contributed by atoms with Gasteiger partial charge in [0, 0.05) is 10.9 Å². The average Bonchev–Trinajstić information content (AvgIpc) is 2.74. The molecule has 5 heteroatoms.